The molecule has 6 nitrogen and oxygen atoms in total. The number of nitrogens with zero attached hydrogens (tertiary/aromatic N) is 2. The molecule has 1 atom stereocenters. The van der Waals surface area contributed by atoms with Crippen molar-refractivity contribution in [1.82, 2.24) is 14.7 Å². The van der Waals surface area contributed by atoms with E-state index in [0.29, 0.717) is 6.54 Å². The Morgan fingerprint density at radius 3 is 2.67 bits per heavy atom. The van der Waals surface area contributed by atoms with Crippen LogP contribution in [0.25, 0.3) is 5.65 Å². The van der Waals surface area contributed by atoms with Crippen molar-refractivity contribution < 1.29 is 4.79 Å². The van der Waals surface area contributed by atoms with Gasteiger partial charge in [-0.05, 0) is 69.8 Å². The van der Waals surface area contributed by atoms with Gasteiger partial charge in [-0.1, -0.05) is 24.6 Å². The number of benzene rings is 1. The van der Waals surface area contributed by atoms with E-state index in [-0.39, 0.29) is 11.9 Å². The van der Waals surface area contributed by atoms with Crippen molar-refractivity contribution in [3.8, 4) is 0 Å². The summed E-state index contributed by atoms with van der Waals surface area (Å²) < 4.78 is 2.06. The zero-order valence-corrected chi connectivity index (χ0v) is 18.3. The van der Waals surface area contributed by atoms with Crippen LogP contribution in [-0.2, 0) is 11.3 Å². The molecule has 0 bridgehead atoms. The third-order valence-corrected chi connectivity index (χ3v) is 6.19. The van der Waals surface area contributed by atoms with Crippen molar-refractivity contribution >= 4 is 22.9 Å². The number of amides is 1. The van der Waals surface area contributed by atoms with E-state index < -0.39 is 0 Å². The zero-order valence-electron chi connectivity index (χ0n) is 18.3. The highest BCUT2D eigenvalue weighted by molar-refractivity contribution is 5.95. The number of aryl methyl sites for hydroxylation is 4. The molecule has 2 aromatic heterocycles. The monoisotopic (exact) mass is 405 g/mol. The highest BCUT2D eigenvalue weighted by Gasteiger charge is 2.21. The van der Waals surface area contributed by atoms with Crippen molar-refractivity contribution in [3.05, 3.63) is 58.5 Å². The Morgan fingerprint density at radius 1 is 1.20 bits per heavy atom. The van der Waals surface area contributed by atoms with Gasteiger partial charge in [0.1, 0.15) is 0 Å². The summed E-state index contributed by atoms with van der Waals surface area (Å²) in [5.74, 6) is 0.0317. The van der Waals surface area contributed by atoms with Gasteiger partial charge in [-0.25, -0.2) is 4.98 Å². The summed E-state index contributed by atoms with van der Waals surface area (Å²) in [6, 6.07) is 8.23. The largest absolute Gasteiger partial charge is 0.378 e. The van der Waals surface area contributed by atoms with Crippen LogP contribution in [0.3, 0.4) is 0 Å². The lowest BCUT2D eigenvalue weighted by Gasteiger charge is -2.22. The summed E-state index contributed by atoms with van der Waals surface area (Å²) in [5, 5.41) is 10.00. The summed E-state index contributed by atoms with van der Waals surface area (Å²) in [4.78, 5) is 17.5. The molecule has 6 heteroatoms. The van der Waals surface area contributed by atoms with Gasteiger partial charge >= 0.3 is 0 Å². The first kappa shape index (κ1) is 20.4. The first-order valence-electron chi connectivity index (χ1n) is 10.8. The third kappa shape index (κ3) is 4.05. The number of nitrogens with one attached hydrogen (secondary N) is 3. The average Bonchev–Trinajstić information content (AvgIpc) is 3.02. The summed E-state index contributed by atoms with van der Waals surface area (Å²) in [5.41, 5.74) is 8.47. The van der Waals surface area contributed by atoms with E-state index in [4.69, 9.17) is 4.98 Å². The number of pyridine rings is 1. The minimum Gasteiger partial charge on any atom is -0.378 e. The molecule has 0 aliphatic carbocycles. The highest BCUT2D eigenvalue weighted by Crippen LogP contribution is 2.26. The van der Waals surface area contributed by atoms with Crippen LogP contribution in [-0.4, -0.2) is 27.9 Å². The molecule has 0 spiro atoms. The van der Waals surface area contributed by atoms with Gasteiger partial charge in [0.15, 0.2) is 5.65 Å². The molecule has 1 fully saturated rings. The quantitative estimate of drug-likeness (QED) is 0.593. The number of carbonyl (C=O) groups is 1. The summed E-state index contributed by atoms with van der Waals surface area (Å²) in [6.45, 7) is 9.95. The Balaban J connectivity index is 1.64. The summed E-state index contributed by atoms with van der Waals surface area (Å²) in [7, 11) is 0. The average molecular weight is 406 g/mol. The normalized spacial score (nSPS) is 16.6. The van der Waals surface area contributed by atoms with E-state index >= 15 is 0 Å². The second-order valence-corrected chi connectivity index (χ2v) is 8.33. The number of rotatable bonds is 5. The number of carbonyl (C=O) groups excluding carboxylic acids is 1. The van der Waals surface area contributed by atoms with E-state index in [1.807, 2.05) is 19.2 Å². The number of fused-ring (bicyclic) bond motifs is 1. The Morgan fingerprint density at radius 2 is 1.97 bits per heavy atom. The Bertz CT molecular complexity index is 1060. The molecule has 0 radical (unpaired) electrons. The van der Waals surface area contributed by atoms with E-state index in [0.717, 1.165) is 54.2 Å². The molecule has 1 aliphatic heterocycles. The number of hydrogen-bond acceptors (Lipinski definition) is 4. The van der Waals surface area contributed by atoms with Crippen LogP contribution in [0.1, 0.15) is 47.3 Å². The fraction of sp³-hybridized carbons (Fsp3) is 0.417. The van der Waals surface area contributed by atoms with Gasteiger partial charge in [0.25, 0.3) is 0 Å². The standard InChI is InChI=1S/C24H31N5O/c1-15-8-7-9-16(2)20(15)13-26-22-12-19(14-29-18(4)17(3)27-23(22)29)28-24(30)21-10-5-6-11-25-21/h7-9,12,14,21,25-26H,5-6,10-11,13H2,1-4H3,(H,28,30)/t21-/m0/s1. The highest BCUT2D eigenvalue weighted by atomic mass is 16.2. The molecule has 0 saturated carbocycles. The van der Waals surface area contributed by atoms with Gasteiger partial charge in [0, 0.05) is 18.4 Å². The number of aromatic nitrogens is 2. The van der Waals surface area contributed by atoms with Gasteiger partial charge in [-0.15, -0.1) is 0 Å². The molecule has 1 amide bonds. The number of piperidine rings is 1. The Labute approximate surface area is 178 Å². The lowest BCUT2D eigenvalue weighted by atomic mass is 10.0. The molecule has 1 aliphatic rings. The topological polar surface area (TPSA) is 70.5 Å². The molecule has 1 saturated heterocycles. The maximum absolute atomic E-state index is 12.8. The van der Waals surface area contributed by atoms with E-state index in [9.17, 15) is 4.79 Å². The van der Waals surface area contributed by atoms with Crippen LogP contribution >= 0.6 is 0 Å². The van der Waals surface area contributed by atoms with Crippen molar-refractivity contribution in [1.29, 1.82) is 0 Å². The van der Waals surface area contributed by atoms with Crippen LogP contribution in [0.5, 0.6) is 0 Å². The molecular formula is C24H31N5O. The lowest BCUT2D eigenvalue weighted by Crippen LogP contribution is -2.43. The molecule has 0 unspecified atom stereocenters. The van der Waals surface area contributed by atoms with Crippen molar-refractivity contribution in [2.75, 3.05) is 17.2 Å². The van der Waals surface area contributed by atoms with E-state index in [2.05, 4.69) is 59.3 Å². The molecule has 1 aromatic carbocycles. The van der Waals surface area contributed by atoms with Crippen LogP contribution in [0.2, 0.25) is 0 Å². The van der Waals surface area contributed by atoms with Crippen LogP contribution in [0.4, 0.5) is 11.4 Å². The van der Waals surface area contributed by atoms with Gasteiger partial charge in [0.05, 0.1) is 23.1 Å². The summed E-state index contributed by atoms with van der Waals surface area (Å²) >= 11 is 0. The zero-order chi connectivity index (χ0) is 21.3. The smallest absolute Gasteiger partial charge is 0.241 e. The minimum atomic E-state index is -0.119. The summed E-state index contributed by atoms with van der Waals surface area (Å²) in [6.07, 6.45) is 5.08. The van der Waals surface area contributed by atoms with E-state index in [1.54, 1.807) is 0 Å². The van der Waals surface area contributed by atoms with E-state index in [1.165, 1.54) is 16.7 Å². The second kappa shape index (κ2) is 8.48. The van der Waals surface area contributed by atoms with Crippen molar-refractivity contribution in [3.63, 3.8) is 0 Å². The fourth-order valence-corrected chi connectivity index (χ4v) is 4.19. The predicted octanol–water partition coefficient (Wildman–Crippen LogP) is 4.26. The third-order valence-electron chi connectivity index (χ3n) is 6.19. The van der Waals surface area contributed by atoms with Crippen LogP contribution in [0, 0.1) is 27.7 Å². The number of anilines is 2. The molecule has 4 rings (SSSR count). The molecule has 158 valence electrons. The first-order valence-corrected chi connectivity index (χ1v) is 10.8. The molecule has 3 heterocycles. The molecular weight excluding hydrogens is 374 g/mol. The van der Waals surface area contributed by atoms with Gasteiger partial charge in [0.2, 0.25) is 5.91 Å². The maximum Gasteiger partial charge on any atom is 0.241 e. The lowest BCUT2D eigenvalue weighted by molar-refractivity contribution is -0.118. The Kier molecular flexibility index (Phi) is 5.77. The molecule has 3 aromatic rings. The number of imidazole rings is 1. The molecule has 30 heavy (non-hydrogen) atoms. The van der Waals surface area contributed by atoms with Gasteiger partial charge in [-0.3, -0.25) is 4.79 Å². The van der Waals surface area contributed by atoms with Gasteiger partial charge < -0.3 is 20.4 Å². The van der Waals surface area contributed by atoms with Crippen molar-refractivity contribution in [2.24, 2.45) is 0 Å². The van der Waals surface area contributed by atoms with Gasteiger partial charge in [-0.2, -0.15) is 0 Å². The van der Waals surface area contributed by atoms with Crippen molar-refractivity contribution in [2.45, 2.75) is 59.5 Å². The molecule has 3 N–H and O–H groups in total. The number of hydrogen-bond donors (Lipinski definition) is 3. The first-order chi connectivity index (χ1) is 14.4. The minimum absolute atomic E-state index is 0.0317. The predicted molar refractivity (Wildman–Crippen MR) is 122 cm³/mol. The second-order valence-electron chi connectivity index (χ2n) is 8.33. The van der Waals surface area contributed by atoms with Crippen LogP contribution in [0.15, 0.2) is 30.5 Å². The SMILES string of the molecule is Cc1cccc(C)c1CNc1cc(NC(=O)[C@@H]2CCCCN2)cn2c(C)c(C)nc12. The fourth-order valence-electron chi connectivity index (χ4n) is 4.19. The van der Waals surface area contributed by atoms with Crippen LogP contribution < -0.4 is 16.0 Å². The Hall–Kier alpha value is -2.86. The maximum atomic E-state index is 12.8.